The van der Waals surface area contributed by atoms with E-state index >= 15 is 0 Å². The van der Waals surface area contributed by atoms with Crippen LogP contribution in [0.25, 0.3) is 0 Å². The van der Waals surface area contributed by atoms with E-state index in [2.05, 4.69) is 209 Å². The lowest BCUT2D eigenvalue weighted by Gasteiger charge is -2.33. The largest absolute Gasteiger partial charge is 0.379 e. The molecule has 72 heavy (non-hydrogen) atoms. The van der Waals surface area contributed by atoms with Crippen LogP contribution in [0.15, 0.2) is 0 Å². The Hall–Kier alpha value is -0.320. The van der Waals surface area contributed by atoms with Crippen molar-refractivity contribution in [3.05, 3.63) is 0 Å². The van der Waals surface area contributed by atoms with E-state index in [1.165, 1.54) is 130 Å². The van der Waals surface area contributed by atoms with E-state index in [0.717, 1.165) is 52.6 Å². The molecule has 0 atom stereocenters. The molecule has 4 rings (SSSR count). The Morgan fingerprint density at radius 1 is 0.292 bits per heavy atom. The Morgan fingerprint density at radius 2 is 0.472 bits per heavy atom. The van der Waals surface area contributed by atoms with Crippen LogP contribution in [0.5, 0.6) is 0 Å². The summed E-state index contributed by atoms with van der Waals surface area (Å²) in [5.74, 6) is 0. The summed E-state index contributed by atoms with van der Waals surface area (Å²) in [5.41, 5.74) is 2.89. The van der Waals surface area contributed by atoms with Gasteiger partial charge >= 0.3 is 0 Å². The Morgan fingerprint density at radius 3 is 0.639 bits per heavy atom. The summed E-state index contributed by atoms with van der Waals surface area (Å²) < 4.78 is 10.6. The highest BCUT2D eigenvalue weighted by atomic mass is 16.5. The molecule has 436 valence electrons. The number of nitrogens with zero attached hydrogens (tertiary/aromatic N) is 6. The standard InChI is InChI=1S/2C12H27N.2C10H21NO.2C10H21N/c2*1-10(2)13(11(3)4)9-8-12(5,6)7;2*1-10(2,3)4-5-11-6-8-12-9-7-11;2*1-10(2,3)6-9-11-7-4-5-8-11/h2*10-11H,8-9H2,1-7H3;2*4-9H2,1-3H3;2*4-9H2,1-3H3. The zero-order chi connectivity index (χ0) is 56.0. The molecule has 0 unspecified atom stereocenters. The molecule has 0 saturated carbocycles. The number of hydrogen-bond acceptors (Lipinski definition) is 8. The Kier molecular flexibility index (Phi) is 38.4. The average molecular weight is 1020 g/mol. The van der Waals surface area contributed by atoms with Crippen molar-refractivity contribution in [2.24, 2.45) is 32.5 Å². The monoisotopic (exact) mass is 1020 g/mol. The Balaban J connectivity index is 0. The van der Waals surface area contributed by atoms with Crippen molar-refractivity contribution in [2.75, 3.05) is 118 Å². The summed E-state index contributed by atoms with van der Waals surface area (Å²) in [6.45, 7) is 80.9. The van der Waals surface area contributed by atoms with E-state index in [9.17, 15) is 0 Å². The van der Waals surface area contributed by atoms with Gasteiger partial charge in [-0.2, -0.15) is 0 Å². The van der Waals surface area contributed by atoms with Gasteiger partial charge in [0.2, 0.25) is 0 Å². The summed E-state index contributed by atoms with van der Waals surface area (Å²) in [6, 6.07) is 2.68. The van der Waals surface area contributed by atoms with Crippen LogP contribution in [0.2, 0.25) is 0 Å². The van der Waals surface area contributed by atoms with Crippen molar-refractivity contribution in [3.8, 4) is 0 Å². The van der Waals surface area contributed by atoms with Gasteiger partial charge in [0.15, 0.2) is 0 Å². The highest BCUT2D eigenvalue weighted by Crippen LogP contribution is 2.24. The minimum Gasteiger partial charge on any atom is -0.379 e. The maximum absolute atomic E-state index is 5.29. The fourth-order valence-electron chi connectivity index (χ4n) is 8.79. The predicted octanol–water partition coefficient (Wildman–Crippen LogP) is 15.6. The molecule has 4 aliphatic rings. The SMILES string of the molecule is CC(C)(C)CCN1CCCC1.CC(C)(C)CCN1CCCC1.CC(C)(C)CCN1CCOCC1.CC(C)(C)CCN1CCOCC1.CC(C)N(CCC(C)(C)C)C(C)C.CC(C)N(CCC(C)(C)C)C(C)C. The first-order valence-corrected chi connectivity index (χ1v) is 30.4. The molecule has 4 heterocycles. The number of ether oxygens (including phenoxy) is 2. The summed E-state index contributed by atoms with van der Waals surface area (Å²) in [6.07, 6.45) is 13.5. The summed E-state index contributed by atoms with van der Waals surface area (Å²) >= 11 is 0. The third kappa shape index (κ3) is 49.3. The van der Waals surface area contributed by atoms with Gasteiger partial charge in [-0.05, 0) is 218 Å². The molecule has 0 spiro atoms. The van der Waals surface area contributed by atoms with E-state index in [4.69, 9.17) is 9.47 Å². The second-order valence-corrected chi connectivity index (χ2v) is 30.7. The van der Waals surface area contributed by atoms with E-state index in [1.54, 1.807) is 0 Å². The van der Waals surface area contributed by atoms with Gasteiger partial charge in [-0.3, -0.25) is 19.6 Å². The molecule has 0 N–H and O–H groups in total. The molecular formula is C64H138N6O2. The van der Waals surface area contributed by atoms with Gasteiger partial charge < -0.3 is 19.3 Å². The van der Waals surface area contributed by atoms with Gasteiger partial charge in [-0.25, -0.2) is 0 Å². The van der Waals surface area contributed by atoms with Crippen molar-refractivity contribution in [1.29, 1.82) is 0 Å². The van der Waals surface area contributed by atoms with Crippen LogP contribution in [0, 0.1) is 32.5 Å². The smallest absolute Gasteiger partial charge is 0.0594 e. The lowest BCUT2D eigenvalue weighted by Crippen LogP contribution is -2.38. The van der Waals surface area contributed by atoms with E-state index in [1.807, 2.05) is 0 Å². The lowest BCUT2D eigenvalue weighted by molar-refractivity contribution is 0.0333. The van der Waals surface area contributed by atoms with Gasteiger partial charge in [-0.15, -0.1) is 0 Å². The lowest BCUT2D eigenvalue weighted by atomic mass is 9.91. The van der Waals surface area contributed by atoms with Crippen molar-refractivity contribution in [3.63, 3.8) is 0 Å². The molecular weight excluding hydrogens is 885 g/mol. The van der Waals surface area contributed by atoms with E-state index < -0.39 is 0 Å². The Labute approximate surface area is 456 Å². The van der Waals surface area contributed by atoms with Gasteiger partial charge in [0.05, 0.1) is 26.4 Å². The zero-order valence-corrected chi connectivity index (χ0v) is 54.6. The zero-order valence-electron chi connectivity index (χ0n) is 54.6. The molecule has 0 aromatic heterocycles. The minimum absolute atomic E-state index is 0.460. The van der Waals surface area contributed by atoms with Crippen LogP contribution < -0.4 is 0 Å². The number of morpholine rings is 2. The van der Waals surface area contributed by atoms with E-state index in [-0.39, 0.29) is 0 Å². The highest BCUT2D eigenvalue weighted by molar-refractivity contribution is 4.75. The maximum atomic E-state index is 5.29. The first-order valence-electron chi connectivity index (χ1n) is 30.4. The summed E-state index contributed by atoms with van der Waals surface area (Å²) in [5, 5.41) is 0. The molecule has 4 fully saturated rings. The fraction of sp³-hybridized carbons (Fsp3) is 1.00. The summed E-state index contributed by atoms with van der Waals surface area (Å²) in [7, 11) is 0. The first kappa shape index (κ1) is 73.8. The summed E-state index contributed by atoms with van der Waals surface area (Å²) in [4.78, 5) is 15.3. The number of hydrogen-bond donors (Lipinski definition) is 0. The van der Waals surface area contributed by atoms with Crippen molar-refractivity contribution in [1.82, 2.24) is 29.4 Å². The van der Waals surface area contributed by atoms with E-state index in [0.29, 0.717) is 56.7 Å². The van der Waals surface area contributed by atoms with Crippen molar-refractivity contribution >= 4 is 0 Å². The average Bonchev–Trinajstić information content (AvgIpc) is 3.96. The van der Waals surface area contributed by atoms with Crippen LogP contribution in [-0.4, -0.2) is 172 Å². The van der Waals surface area contributed by atoms with Crippen LogP contribution in [-0.2, 0) is 9.47 Å². The van der Waals surface area contributed by atoms with Crippen LogP contribution in [0.3, 0.4) is 0 Å². The predicted molar refractivity (Wildman–Crippen MR) is 324 cm³/mol. The third-order valence-corrected chi connectivity index (χ3v) is 14.2. The minimum atomic E-state index is 0.460. The molecule has 4 aliphatic heterocycles. The van der Waals surface area contributed by atoms with Crippen molar-refractivity contribution < 1.29 is 9.47 Å². The molecule has 0 aromatic carbocycles. The van der Waals surface area contributed by atoms with Gasteiger partial charge in [0.1, 0.15) is 0 Å². The van der Waals surface area contributed by atoms with Crippen molar-refractivity contribution in [2.45, 2.75) is 268 Å². The number of rotatable bonds is 16. The second-order valence-electron chi connectivity index (χ2n) is 30.7. The molecule has 8 heteroatoms. The molecule has 0 bridgehead atoms. The quantitative estimate of drug-likeness (QED) is 0.151. The fourth-order valence-corrected chi connectivity index (χ4v) is 8.79. The molecule has 0 amide bonds. The Bertz CT molecular complexity index is 1110. The van der Waals surface area contributed by atoms with Crippen LogP contribution in [0.1, 0.15) is 244 Å². The second kappa shape index (κ2) is 37.5. The van der Waals surface area contributed by atoms with Gasteiger partial charge in [0, 0.05) is 50.3 Å². The molecule has 0 aromatic rings. The van der Waals surface area contributed by atoms with Gasteiger partial charge in [-0.1, -0.05) is 125 Å². The molecule has 0 radical (unpaired) electrons. The third-order valence-electron chi connectivity index (χ3n) is 14.2. The highest BCUT2D eigenvalue weighted by Gasteiger charge is 2.21. The van der Waals surface area contributed by atoms with Crippen LogP contribution >= 0.6 is 0 Å². The normalized spacial score (nSPS) is 18.3. The maximum Gasteiger partial charge on any atom is 0.0594 e. The van der Waals surface area contributed by atoms with Crippen LogP contribution in [0.4, 0.5) is 0 Å². The molecule has 4 saturated heterocycles. The van der Waals surface area contributed by atoms with Gasteiger partial charge in [0.25, 0.3) is 0 Å². The molecule has 0 aliphatic carbocycles. The topological polar surface area (TPSA) is 37.9 Å². The number of likely N-dealkylation sites (tertiary alicyclic amines) is 2. The first-order chi connectivity index (χ1) is 32.8. The molecule has 8 nitrogen and oxygen atoms in total.